The molecule has 170 valence electrons. The van der Waals surface area contributed by atoms with Crippen LogP contribution in [-0.4, -0.2) is 30.4 Å². The number of rotatable bonds is 3. The number of benzene rings is 2. The molecule has 3 nitrogen and oxygen atoms in total. The SMILES string of the molecule is O=C1NCC(c2ccc(F)cc2)C12CCN(C1(c3ccc(F)c(F)c3)CCCCC1)CC2. The maximum absolute atomic E-state index is 14.2. The Morgan fingerprint density at radius 3 is 2.19 bits per heavy atom. The van der Waals surface area contributed by atoms with Crippen LogP contribution in [0.15, 0.2) is 42.5 Å². The Morgan fingerprint density at radius 2 is 1.53 bits per heavy atom. The number of hydrogen-bond donors (Lipinski definition) is 1. The third kappa shape index (κ3) is 3.43. The van der Waals surface area contributed by atoms with Crippen LogP contribution < -0.4 is 5.32 Å². The maximum Gasteiger partial charge on any atom is 0.227 e. The molecule has 2 saturated heterocycles. The lowest BCUT2D eigenvalue weighted by Gasteiger charge is -2.52. The van der Waals surface area contributed by atoms with Crippen LogP contribution >= 0.6 is 0 Å². The van der Waals surface area contributed by atoms with Gasteiger partial charge in [0.2, 0.25) is 5.91 Å². The third-order valence-electron chi connectivity index (χ3n) is 8.26. The molecule has 1 amide bonds. The average molecular weight is 443 g/mol. The summed E-state index contributed by atoms with van der Waals surface area (Å²) in [5, 5.41) is 3.05. The Morgan fingerprint density at radius 1 is 0.844 bits per heavy atom. The average Bonchev–Trinajstić information content (AvgIpc) is 3.12. The van der Waals surface area contributed by atoms with E-state index in [2.05, 4.69) is 10.2 Å². The minimum absolute atomic E-state index is 0.0170. The van der Waals surface area contributed by atoms with Crippen molar-refractivity contribution in [1.29, 1.82) is 0 Å². The number of hydrogen-bond acceptors (Lipinski definition) is 2. The number of amides is 1. The molecule has 0 radical (unpaired) electrons. The van der Waals surface area contributed by atoms with Gasteiger partial charge in [-0.1, -0.05) is 37.5 Å². The lowest BCUT2D eigenvalue weighted by atomic mass is 9.66. The fourth-order valence-electron chi connectivity index (χ4n) is 6.48. The highest BCUT2D eigenvalue weighted by Gasteiger charge is 2.54. The second kappa shape index (κ2) is 8.22. The van der Waals surface area contributed by atoms with E-state index in [1.807, 2.05) is 0 Å². The quantitative estimate of drug-likeness (QED) is 0.703. The Bertz CT molecular complexity index is 993. The number of carbonyl (C=O) groups is 1. The lowest BCUT2D eigenvalue weighted by Crippen LogP contribution is -2.54. The Kier molecular flexibility index (Phi) is 5.52. The van der Waals surface area contributed by atoms with Crippen molar-refractivity contribution >= 4 is 5.91 Å². The number of halogens is 3. The van der Waals surface area contributed by atoms with Crippen molar-refractivity contribution in [3.63, 3.8) is 0 Å². The molecule has 1 saturated carbocycles. The normalized spacial score (nSPS) is 25.1. The minimum atomic E-state index is -0.818. The van der Waals surface area contributed by atoms with Crippen LogP contribution in [-0.2, 0) is 10.3 Å². The van der Waals surface area contributed by atoms with Crippen LogP contribution in [0.25, 0.3) is 0 Å². The molecule has 1 atom stereocenters. The van der Waals surface area contributed by atoms with E-state index in [9.17, 15) is 18.0 Å². The maximum atomic E-state index is 14.2. The predicted molar refractivity (Wildman–Crippen MR) is 117 cm³/mol. The summed E-state index contributed by atoms with van der Waals surface area (Å²) in [5.41, 5.74) is 1.02. The molecule has 1 N–H and O–H groups in total. The summed E-state index contributed by atoms with van der Waals surface area (Å²) in [6, 6.07) is 10.8. The number of carbonyl (C=O) groups excluding carboxylic acids is 1. The first-order valence-electron chi connectivity index (χ1n) is 11.7. The van der Waals surface area contributed by atoms with Gasteiger partial charge in [-0.25, -0.2) is 13.2 Å². The zero-order valence-electron chi connectivity index (χ0n) is 18.2. The van der Waals surface area contributed by atoms with Crippen LogP contribution in [0.2, 0.25) is 0 Å². The van der Waals surface area contributed by atoms with E-state index >= 15 is 0 Å². The molecule has 5 rings (SSSR count). The number of piperidine rings is 1. The summed E-state index contributed by atoms with van der Waals surface area (Å²) in [7, 11) is 0. The van der Waals surface area contributed by atoms with E-state index in [1.165, 1.54) is 24.3 Å². The molecule has 0 bridgehead atoms. The first-order chi connectivity index (χ1) is 15.4. The molecule has 2 heterocycles. The van der Waals surface area contributed by atoms with Crippen LogP contribution in [0, 0.1) is 22.9 Å². The highest BCUT2D eigenvalue weighted by atomic mass is 19.2. The van der Waals surface area contributed by atoms with Gasteiger partial charge in [0, 0.05) is 31.1 Å². The van der Waals surface area contributed by atoms with Crippen LogP contribution in [0.4, 0.5) is 13.2 Å². The Labute approximate surface area is 187 Å². The Balaban J connectivity index is 1.43. The molecule has 3 fully saturated rings. The van der Waals surface area contributed by atoms with Crippen molar-refractivity contribution in [2.75, 3.05) is 19.6 Å². The fourth-order valence-corrected chi connectivity index (χ4v) is 6.48. The zero-order valence-corrected chi connectivity index (χ0v) is 18.2. The van der Waals surface area contributed by atoms with Gasteiger partial charge in [0.1, 0.15) is 5.82 Å². The first-order valence-corrected chi connectivity index (χ1v) is 11.7. The van der Waals surface area contributed by atoms with Gasteiger partial charge in [-0.05, 0) is 61.1 Å². The van der Waals surface area contributed by atoms with Crippen LogP contribution in [0.1, 0.15) is 62.0 Å². The monoisotopic (exact) mass is 442 g/mol. The van der Waals surface area contributed by atoms with E-state index in [1.54, 1.807) is 18.2 Å². The molecule has 2 aromatic rings. The second-order valence-electron chi connectivity index (χ2n) is 9.68. The molecule has 1 aliphatic carbocycles. The van der Waals surface area contributed by atoms with Crippen LogP contribution in [0.3, 0.4) is 0 Å². The van der Waals surface area contributed by atoms with Gasteiger partial charge in [-0.2, -0.15) is 0 Å². The number of nitrogens with one attached hydrogen (secondary N) is 1. The largest absolute Gasteiger partial charge is 0.355 e. The van der Waals surface area contributed by atoms with Crippen molar-refractivity contribution in [1.82, 2.24) is 10.2 Å². The highest BCUT2D eigenvalue weighted by Crippen LogP contribution is 2.51. The Hall–Kier alpha value is -2.34. The standard InChI is InChI=1S/C26H29F3N2O/c27-20-7-4-18(5-8-20)21-17-30-24(32)25(21)12-14-31(15-13-25)26(10-2-1-3-11-26)19-6-9-22(28)23(29)16-19/h4-9,16,21H,1-3,10-15,17H2,(H,30,32). The van der Waals surface area contributed by atoms with Crippen LogP contribution in [0.5, 0.6) is 0 Å². The zero-order chi connectivity index (χ0) is 22.3. The molecule has 1 unspecified atom stereocenters. The van der Waals surface area contributed by atoms with E-state index in [-0.39, 0.29) is 23.2 Å². The van der Waals surface area contributed by atoms with Crippen molar-refractivity contribution in [3.05, 3.63) is 71.0 Å². The smallest absolute Gasteiger partial charge is 0.227 e. The summed E-state index contributed by atoms with van der Waals surface area (Å²) in [6.07, 6.45) is 6.49. The molecular formula is C26H29F3N2O. The summed E-state index contributed by atoms with van der Waals surface area (Å²) in [4.78, 5) is 15.4. The van der Waals surface area contributed by atoms with Gasteiger partial charge < -0.3 is 5.32 Å². The summed E-state index contributed by atoms with van der Waals surface area (Å²) >= 11 is 0. The van der Waals surface area contributed by atoms with E-state index < -0.39 is 17.0 Å². The molecule has 6 heteroatoms. The predicted octanol–water partition coefficient (Wildman–Crippen LogP) is 5.26. The third-order valence-corrected chi connectivity index (χ3v) is 8.26. The minimum Gasteiger partial charge on any atom is -0.355 e. The van der Waals surface area contributed by atoms with Gasteiger partial charge in [0.05, 0.1) is 5.41 Å². The van der Waals surface area contributed by atoms with Crippen molar-refractivity contribution < 1.29 is 18.0 Å². The van der Waals surface area contributed by atoms with Gasteiger partial charge >= 0.3 is 0 Å². The van der Waals surface area contributed by atoms with Crippen molar-refractivity contribution in [3.8, 4) is 0 Å². The highest BCUT2D eigenvalue weighted by molar-refractivity contribution is 5.86. The first kappa shape index (κ1) is 21.5. The molecule has 2 aliphatic heterocycles. The van der Waals surface area contributed by atoms with E-state index in [0.29, 0.717) is 19.4 Å². The van der Waals surface area contributed by atoms with Crippen molar-refractivity contribution in [2.45, 2.75) is 56.4 Å². The summed E-state index contributed by atoms with van der Waals surface area (Å²) in [5.74, 6) is -1.80. The van der Waals surface area contributed by atoms with Gasteiger partial charge in [0.15, 0.2) is 11.6 Å². The van der Waals surface area contributed by atoms with Crippen molar-refractivity contribution in [2.24, 2.45) is 5.41 Å². The molecule has 3 aliphatic rings. The fraction of sp³-hybridized carbons (Fsp3) is 0.500. The molecular weight excluding hydrogens is 413 g/mol. The number of likely N-dealkylation sites (tertiary alicyclic amines) is 1. The van der Waals surface area contributed by atoms with E-state index in [4.69, 9.17) is 0 Å². The molecule has 32 heavy (non-hydrogen) atoms. The summed E-state index contributed by atoms with van der Waals surface area (Å²) in [6.45, 7) is 2.02. The van der Waals surface area contributed by atoms with E-state index in [0.717, 1.165) is 56.3 Å². The molecule has 0 aromatic heterocycles. The molecule has 2 aromatic carbocycles. The number of nitrogens with zero attached hydrogens (tertiary/aromatic N) is 1. The molecule has 1 spiro atoms. The van der Waals surface area contributed by atoms with Gasteiger partial charge in [0.25, 0.3) is 0 Å². The van der Waals surface area contributed by atoms with Gasteiger partial charge in [-0.15, -0.1) is 0 Å². The summed E-state index contributed by atoms with van der Waals surface area (Å²) < 4.78 is 41.3. The topological polar surface area (TPSA) is 32.3 Å². The van der Waals surface area contributed by atoms with Gasteiger partial charge in [-0.3, -0.25) is 9.69 Å². The second-order valence-corrected chi connectivity index (χ2v) is 9.68. The lowest BCUT2D eigenvalue weighted by molar-refractivity contribution is -0.132.